The van der Waals surface area contributed by atoms with Crippen molar-refractivity contribution in [2.45, 2.75) is 0 Å². The van der Waals surface area contributed by atoms with Crippen molar-refractivity contribution in [3.63, 3.8) is 0 Å². The molecule has 4 N–H and O–H groups in total. The molecule has 0 aromatic heterocycles. The molecule has 8 heteroatoms. The quantitative estimate of drug-likeness (QED) is 0.259. The molecule has 4 aromatic rings. The van der Waals surface area contributed by atoms with Gasteiger partial charge in [0.25, 0.3) is 0 Å². The summed E-state index contributed by atoms with van der Waals surface area (Å²) in [5.74, 6) is 0. The van der Waals surface area contributed by atoms with Gasteiger partial charge in [0.05, 0.1) is 0 Å². The molecule has 0 saturated carbocycles. The van der Waals surface area contributed by atoms with E-state index in [1.54, 1.807) is 0 Å². The Bertz CT molecular complexity index is 1070. The number of hydrogen-bond donors (Lipinski definition) is 2. The van der Waals surface area contributed by atoms with Crippen LogP contribution in [-0.2, 0) is 0 Å². The van der Waals surface area contributed by atoms with Crippen LogP contribution in [0.1, 0.15) is 0 Å². The topological polar surface area (TPSA) is 58.5 Å². The molecule has 34 heavy (non-hydrogen) atoms. The molecule has 4 nitrogen and oxygen atoms in total. The Kier molecular flexibility index (Phi) is 6.68. The molecule has 0 aliphatic carbocycles. The summed E-state index contributed by atoms with van der Waals surface area (Å²) in [4.78, 5) is 0. The van der Waals surface area contributed by atoms with Gasteiger partial charge >= 0.3 is 212 Å². The van der Waals surface area contributed by atoms with E-state index in [0.717, 1.165) is 21.2 Å². The maximum absolute atomic E-state index is 7.94. The zero-order valence-electron chi connectivity index (χ0n) is 19.2. The number of halogens is 2. The van der Waals surface area contributed by atoms with Gasteiger partial charge in [0, 0.05) is 0 Å². The fraction of sp³-hybridized carbons (Fsp3) is 0.0769. The van der Waals surface area contributed by atoms with Crippen molar-refractivity contribution < 1.29 is 0 Å². The van der Waals surface area contributed by atoms with Gasteiger partial charge in [-0.15, -0.1) is 0 Å². The SMILES string of the molecule is CN(C)N(P(N)(Cl)(c1ccccc1)c1ccccc1)P(N)(Cl)(c1ccccc1)c1ccccc1. The van der Waals surface area contributed by atoms with E-state index in [0.29, 0.717) is 0 Å². The third kappa shape index (κ3) is 3.80. The minimum absolute atomic E-state index is 0.766. The Morgan fingerprint density at radius 3 is 0.853 bits per heavy atom. The van der Waals surface area contributed by atoms with E-state index in [2.05, 4.69) is 0 Å². The van der Waals surface area contributed by atoms with Crippen LogP contribution in [0.15, 0.2) is 121 Å². The number of nitrogens with zero attached hydrogens (tertiary/aromatic N) is 2. The first-order valence-electron chi connectivity index (χ1n) is 10.9. The Morgan fingerprint density at radius 1 is 0.471 bits per heavy atom. The summed E-state index contributed by atoms with van der Waals surface area (Å²) in [5, 5.41) is 4.93. The van der Waals surface area contributed by atoms with Gasteiger partial charge in [-0.25, -0.2) is 0 Å². The Hall–Kier alpha value is -1.84. The molecule has 0 bridgehead atoms. The molecule has 0 heterocycles. The summed E-state index contributed by atoms with van der Waals surface area (Å²) in [5.41, 5.74) is 15.2. The number of rotatable bonds is 7. The summed E-state index contributed by atoms with van der Waals surface area (Å²) in [7, 11) is 3.79. The van der Waals surface area contributed by atoms with E-state index in [1.807, 2.05) is 145 Å². The average Bonchev–Trinajstić information content (AvgIpc) is 2.86. The van der Waals surface area contributed by atoms with E-state index in [4.69, 9.17) is 33.5 Å². The molecule has 0 unspecified atom stereocenters. The van der Waals surface area contributed by atoms with Crippen molar-refractivity contribution in [1.29, 1.82) is 0 Å². The monoisotopic (exact) mass is 530 g/mol. The number of benzene rings is 4. The summed E-state index contributed by atoms with van der Waals surface area (Å²) >= 11 is 15.9. The van der Waals surface area contributed by atoms with E-state index in [1.165, 1.54) is 0 Å². The first kappa shape index (κ1) is 25.3. The van der Waals surface area contributed by atoms with Crippen LogP contribution < -0.4 is 32.2 Å². The van der Waals surface area contributed by atoms with Gasteiger partial charge in [-0.3, -0.25) is 0 Å². The van der Waals surface area contributed by atoms with Crippen LogP contribution in [-0.4, -0.2) is 23.7 Å². The summed E-state index contributed by atoms with van der Waals surface area (Å²) in [6.45, 7) is 0. The molecule has 178 valence electrons. The van der Waals surface area contributed by atoms with Gasteiger partial charge in [0.1, 0.15) is 0 Å². The average molecular weight is 531 g/mol. The van der Waals surface area contributed by atoms with E-state index < -0.39 is 12.5 Å². The molecule has 0 aliphatic rings. The van der Waals surface area contributed by atoms with Gasteiger partial charge < -0.3 is 0 Å². The van der Waals surface area contributed by atoms with E-state index in [-0.39, 0.29) is 0 Å². The molecular weight excluding hydrogens is 501 g/mol. The van der Waals surface area contributed by atoms with Crippen LogP contribution in [0.3, 0.4) is 0 Å². The van der Waals surface area contributed by atoms with Crippen LogP contribution in [0.25, 0.3) is 0 Å². The van der Waals surface area contributed by atoms with Gasteiger partial charge in [-0.05, 0) is 0 Å². The second kappa shape index (κ2) is 8.99. The van der Waals surface area contributed by atoms with Crippen molar-refractivity contribution in [3.05, 3.63) is 121 Å². The summed E-state index contributed by atoms with van der Waals surface area (Å²) < 4.78 is 1.91. The van der Waals surface area contributed by atoms with Gasteiger partial charge in [0.2, 0.25) is 0 Å². The minimum atomic E-state index is -4.26. The van der Waals surface area contributed by atoms with E-state index >= 15 is 0 Å². The normalized spacial score (nSPS) is 14.8. The molecule has 0 aliphatic heterocycles. The molecule has 0 fully saturated rings. The van der Waals surface area contributed by atoms with Gasteiger partial charge in [-0.1, -0.05) is 0 Å². The molecule has 0 spiro atoms. The maximum atomic E-state index is 7.94. The third-order valence-corrected chi connectivity index (χ3v) is 19.3. The van der Waals surface area contributed by atoms with Crippen molar-refractivity contribution >= 4 is 56.2 Å². The standard InChI is InChI=1S/C26H30Cl2N4P2/c1-31(2)32(33(27,29,23-15-7-3-8-16-23)24-17-9-4-10-18-24)34(28,30,25-19-11-5-12-20-25)26-21-13-6-14-22-26/h3-22H,29-30H2,1-2H3. The number of hydrazine groups is 1. The third-order valence-electron chi connectivity index (χ3n) is 6.05. The Balaban J connectivity index is 2.20. The van der Waals surface area contributed by atoms with Crippen LogP contribution in [0.5, 0.6) is 0 Å². The second-order valence-electron chi connectivity index (χ2n) is 8.51. The zero-order chi connectivity index (χ0) is 24.5. The zero-order valence-corrected chi connectivity index (χ0v) is 22.5. The van der Waals surface area contributed by atoms with Crippen molar-refractivity contribution in [2.75, 3.05) is 14.1 Å². The van der Waals surface area contributed by atoms with Crippen molar-refractivity contribution in [1.82, 2.24) is 9.56 Å². The number of hydrogen-bond acceptors (Lipinski definition) is 4. The summed E-state index contributed by atoms with van der Waals surface area (Å²) in [6.07, 6.45) is -8.52. The molecular formula is C26H30Cl2N4P2. The number of nitrogens with two attached hydrogens (primary N) is 2. The Labute approximate surface area is 211 Å². The van der Waals surface area contributed by atoms with Crippen molar-refractivity contribution in [2.24, 2.45) is 11.0 Å². The van der Waals surface area contributed by atoms with Crippen LogP contribution in [0.2, 0.25) is 0 Å². The van der Waals surface area contributed by atoms with Gasteiger partial charge in [0.15, 0.2) is 0 Å². The van der Waals surface area contributed by atoms with Crippen molar-refractivity contribution in [3.8, 4) is 0 Å². The van der Waals surface area contributed by atoms with E-state index in [9.17, 15) is 0 Å². The molecule has 0 atom stereocenters. The van der Waals surface area contributed by atoms with Crippen LogP contribution >= 0.6 is 35.0 Å². The first-order chi connectivity index (χ1) is 16.1. The molecule has 4 rings (SSSR count). The predicted molar refractivity (Wildman–Crippen MR) is 154 cm³/mol. The fourth-order valence-corrected chi connectivity index (χ4v) is 19.4. The Morgan fingerprint density at radius 2 is 0.676 bits per heavy atom. The summed E-state index contributed by atoms with van der Waals surface area (Å²) in [6, 6.07) is 38.9. The molecule has 0 amide bonds. The fourth-order valence-electron chi connectivity index (χ4n) is 4.60. The predicted octanol–water partition coefficient (Wildman–Crippen LogP) is 5.06. The molecule has 0 saturated heterocycles. The first-order valence-corrected chi connectivity index (χ1v) is 17.2. The van der Waals surface area contributed by atoms with Crippen LogP contribution in [0, 0.1) is 0 Å². The second-order valence-corrected chi connectivity index (χ2v) is 19.9. The van der Waals surface area contributed by atoms with Crippen LogP contribution in [0.4, 0.5) is 0 Å². The molecule has 0 radical (unpaired) electrons. The van der Waals surface area contributed by atoms with Gasteiger partial charge in [-0.2, -0.15) is 0 Å². The molecule has 4 aromatic carbocycles.